The molecule has 1 atom stereocenters. The number of thiazole rings is 1. The van der Waals surface area contributed by atoms with Crippen LogP contribution >= 0.6 is 11.3 Å². The molecule has 1 aliphatic rings. The molecular weight excluding hydrogens is 256 g/mol. The van der Waals surface area contributed by atoms with Crippen molar-refractivity contribution in [1.82, 2.24) is 4.98 Å². The first-order chi connectivity index (χ1) is 9.35. The van der Waals surface area contributed by atoms with E-state index < -0.39 is 0 Å². The molecule has 0 spiro atoms. The van der Waals surface area contributed by atoms with Crippen LogP contribution in [-0.2, 0) is 17.7 Å². The van der Waals surface area contributed by atoms with Gasteiger partial charge >= 0.3 is 0 Å². The van der Waals surface area contributed by atoms with Gasteiger partial charge < -0.3 is 10.5 Å². The predicted octanol–water partition coefficient (Wildman–Crippen LogP) is 2.99. The van der Waals surface area contributed by atoms with E-state index in [2.05, 4.69) is 17.5 Å². The molecule has 100 valence electrons. The Labute approximate surface area is 117 Å². The van der Waals surface area contributed by atoms with E-state index in [9.17, 15) is 0 Å². The molecule has 1 saturated heterocycles. The summed E-state index contributed by atoms with van der Waals surface area (Å²) in [6.07, 6.45) is 3.66. The van der Waals surface area contributed by atoms with Gasteiger partial charge in [0.25, 0.3) is 0 Å². The van der Waals surface area contributed by atoms with Crippen molar-refractivity contribution in [2.24, 2.45) is 5.73 Å². The molecule has 2 aromatic rings. The number of rotatable bonds is 4. The summed E-state index contributed by atoms with van der Waals surface area (Å²) in [6, 6.07) is 8.29. The fourth-order valence-corrected chi connectivity index (χ4v) is 3.26. The topological polar surface area (TPSA) is 48.1 Å². The summed E-state index contributed by atoms with van der Waals surface area (Å²) in [4.78, 5) is 4.72. The first-order valence-corrected chi connectivity index (χ1v) is 7.58. The minimum Gasteiger partial charge on any atom is -0.378 e. The lowest BCUT2D eigenvalue weighted by Gasteiger charge is -2.05. The lowest BCUT2D eigenvalue weighted by atomic mass is 10.1. The average Bonchev–Trinajstić information content (AvgIpc) is 3.11. The lowest BCUT2D eigenvalue weighted by Crippen LogP contribution is -2.08. The molecule has 1 aromatic heterocycles. The molecule has 1 fully saturated rings. The first kappa shape index (κ1) is 12.8. The molecular formula is C15H18N2OS. The molecule has 1 unspecified atom stereocenters. The van der Waals surface area contributed by atoms with Gasteiger partial charge in [0, 0.05) is 30.5 Å². The molecule has 0 amide bonds. The van der Waals surface area contributed by atoms with Gasteiger partial charge in [-0.25, -0.2) is 4.98 Å². The second-order valence-corrected chi connectivity index (χ2v) is 5.81. The zero-order valence-corrected chi connectivity index (χ0v) is 11.7. The molecule has 2 N–H and O–H groups in total. The largest absolute Gasteiger partial charge is 0.378 e. The third-order valence-corrected chi connectivity index (χ3v) is 4.31. The molecule has 0 saturated carbocycles. The van der Waals surface area contributed by atoms with E-state index in [0.717, 1.165) is 36.3 Å². The highest BCUT2D eigenvalue weighted by atomic mass is 32.1. The predicted molar refractivity (Wildman–Crippen MR) is 78.1 cm³/mol. The summed E-state index contributed by atoms with van der Waals surface area (Å²) in [5.41, 5.74) is 9.02. The Morgan fingerprint density at radius 2 is 2.37 bits per heavy atom. The maximum Gasteiger partial charge on any atom is 0.0958 e. The minimum absolute atomic E-state index is 0.370. The van der Waals surface area contributed by atoms with Crippen LogP contribution in [0.15, 0.2) is 29.6 Å². The van der Waals surface area contributed by atoms with Crippen LogP contribution in [0, 0.1) is 0 Å². The molecule has 0 bridgehead atoms. The zero-order chi connectivity index (χ0) is 13.1. The van der Waals surface area contributed by atoms with Crippen LogP contribution in [0.2, 0.25) is 0 Å². The molecule has 3 nitrogen and oxygen atoms in total. The molecule has 4 heteroatoms. The fourth-order valence-electron chi connectivity index (χ4n) is 2.39. The van der Waals surface area contributed by atoms with Crippen molar-refractivity contribution in [3.63, 3.8) is 0 Å². The van der Waals surface area contributed by atoms with Crippen molar-refractivity contribution < 1.29 is 4.74 Å². The molecule has 0 aliphatic carbocycles. The summed E-state index contributed by atoms with van der Waals surface area (Å²) in [7, 11) is 0. The zero-order valence-electron chi connectivity index (χ0n) is 10.8. The number of aromatic nitrogens is 1. The maximum absolute atomic E-state index is 5.68. The van der Waals surface area contributed by atoms with Gasteiger partial charge in [0.1, 0.15) is 0 Å². The quantitative estimate of drug-likeness (QED) is 0.932. The fraction of sp³-hybridized carbons (Fsp3) is 0.400. The molecule has 3 rings (SSSR count). The van der Waals surface area contributed by atoms with Crippen LogP contribution in [0.5, 0.6) is 0 Å². The second-order valence-electron chi connectivity index (χ2n) is 4.87. The summed E-state index contributed by atoms with van der Waals surface area (Å²) >= 11 is 1.72. The Kier molecular flexibility index (Phi) is 3.92. The Balaban J connectivity index is 1.76. The van der Waals surface area contributed by atoms with E-state index in [1.807, 2.05) is 12.1 Å². The van der Waals surface area contributed by atoms with Gasteiger partial charge in [-0.3, -0.25) is 0 Å². The molecule has 1 aliphatic heterocycles. The van der Waals surface area contributed by atoms with Crippen molar-refractivity contribution in [2.75, 3.05) is 6.61 Å². The minimum atomic E-state index is 0.370. The monoisotopic (exact) mass is 274 g/mol. The Bertz CT molecular complexity index is 547. The number of benzene rings is 1. The van der Waals surface area contributed by atoms with Crippen LogP contribution in [0.3, 0.4) is 0 Å². The smallest absolute Gasteiger partial charge is 0.0958 e. The van der Waals surface area contributed by atoms with E-state index in [0.29, 0.717) is 12.6 Å². The Hall–Kier alpha value is -1.23. The van der Waals surface area contributed by atoms with E-state index in [1.165, 1.54) is 11.4 Å². The molecule has 0 radical (unpaired) electrons. The van der Waals surface area contributed by atoms with E-state index >= 15 is 0 Å². The van der Waals surface area contributed by atoms with Gasteiger partial charge in [-0.15, -0.1) is 11.3 Å². The van der Waals surface area contributed by atoms with Crippen molar-refractivity contribution in [2.45, 2.75) is 31.9 Å². The van der Waals surface area contributed by atoms with Crippen LogP contribution in [0.1, 0.15) is 23.4 Å². The summed E-state index contributed by atoms with van der Waals surface area (Å²) in [6.45, 7) is 1.47. The van der Waals surface area contributed by atoms with E-state index in [-0.39, 0.29) is 0 Å². The van der Waals surface area contributed by atoms with E-state index in [4.69, 9.17) is 15.5 Å². The highest BCUT2D eigenvalue weighted by Crippen LogP contribution is 2.25. The van der Waals surface area contributed by atoms with Crippen molar-refractivity contribution in [1.29, 1.82) is 0 Å². The van der Waals surface area contributed by atoms with Crippen molar-refractivity contribution >= 4 is 11.3 Å². The maximum atomic E-state index is 5.68. The third kappa shape index (κ3) is 3.03. The SMILES string of the molecule is NCc1cccc(-c2csc(CC3CCCO3)n2)c1. The molecule has 2 heterocycles. The van der Waals surface area contributed by atoms with Gasteiger partial charge in [-0.05, 0) is 24.5 Å². The van der Waals surface area contributed by atoms with Gasteiger partial charge in [-0.1, -0.05) is 18.2 Å². The average molecular weight is 274 g/mol. The summed E-state index contributed by atoms with van der Waals surface area (Å²) in [5.74, 6) is 0. The van der Waals surface area contributed by atoms with Crippen molar-refractivity contribution in [3.8, 4) is 11.3 Å². The second kappa shape index (κ2) is 5.82. The standard InChI is InChI=1S/C15H18N2OS/c16-9-11-3-1-4-12(7-11)14-10-19-15(17-14)8-13-5-2-6-18-13/h1,3-4,7,10,13H,2,5-6,8-9,16H2. The van der Waals surface area contributed by atoms with Gasteiger partial charge in [0.15, 0.2) is 0 Å². The van der Waals surface area contributed by atoms with Gasteiger partial charge in [0.2, 0.25) is 0 Å². The highest BCUT2D eigenvalue weighted by Gasteiger charge is 2.17. The third-order valence-electron chi connectivity index (χ3n) is 3.44. The van der Waals surface area contributed by atoms with Crippen LogP contribution in [0.25, 0.3) is 11.3 Å². The van der Waals surface area contributed by atoms with Crippen LogP contribution in [-0.4, -0.2) is 17.7 Å². The van der Waals surface area contributed by atoms with Gasteiger partial charge in [-0.2, -0.15) is 0 Å². The van der Waals surface area contributed by atoms with Crippen LogP contribution < -0.4 is 5.73 Å². The number of hydrogen-bond acceptors (Lipinski definition) is 4. The van der Waals surface area contributed by atoms with Crippen molar-refractivity contribution in [3.05, 3.63) is 40.2 Å². The number of nitrogens with zero attached hydrogens (tertiary/aromatic N) is 1. The highest BCUT2D eigenvalue weighted by molar-refractivity contribution is 7.09. The van der Waals surface area contributed by atoms with Gasteiger partial charge in [0.05, 0.1) is 16.8 Å². The Morgan fingerprint density at radius 3 is 3.16 bits per heavy atom. The number of nitrogens with two attached hydrogens (primary N) is 1. The summed E-state index contributed by atoms with van der Waals surface area (Å²) in [5, 5.41) is 3.29. The molecule has 1 aromatic carbocycles. The number of ether oxygens (including phenoxy) is 1. The Morgan fingerprint density at radius 1 is 1.42 bits per heavy atom. The lowest BCUT2D eigenvalue weighted by molar-refractivity contribution is 0.111. The first-order valence-electron chi connectivity index (χ1n) is 6.70. The van der Waals surface area contributed by atoms with E-state index in [1.54, 1.807) is 11.3 Å². The van der Waals surface area contributed by atoms with Crippen LogP contribution in [0.4, 0.5) is 0 Å². The summed E-state index contributed by atoms with van der Waals surface area (Å²) < 4.78 is 5.66. The number of hydrogen-bond donors (Lipinski definition) is 1. The molecule has 19 heavy (non-hydrogen) atoms. The normalized spacial score (nSPS) is 18.9.